The molecule has 0 unspecified atom stereocenters. The number of methoxy groups -OCH3 is 1. The van der Waals surface area contributed by atoms with Gasteiger partial charge in [0.05, 0.1) is 12.7 Å². The summed E-state index contributed by atoms with van der Waals surface area (Å²) in [5.74, 6) is -0.358. The van der Waals surface area contributed by atoms with Crippen LogP contribution in [0.5, 0.6) is 0 Å². The van der Waals surface area contributed by atoms with Crippen LogP contribution in [-0.2, 0) is 16.0 Å². The lowest BCUT2D eigenvalue weighted by Gasteiger charge is -2.40. The zero-order valence-corrected chi connectivity index (χ0v) is 17.6. The molecule has 0 radical (unpaired) electrons. The number of carbonyl (C=O) groups is 2. The maximum absolute atomic E-state index is 12.3. The molecular formula is C19H27BrN2O4. The average molecular weight is 427 g/mol. The Morgan fingerprint density at radius 2 is 1.96 bits per heavy atom. The minimum atomic E-state index is -0.485. The van der Waals surface area contributed by atoms with Gasteiger partial charge in [0, 0.05) is 36.7 Å². The number of piperazine rings is 1. The van der Waals surface area contributed by atoms with Gasteiger partial charge in [0.25, 0.3) is 0 Å². The summed E-state index contributed by atoms with van der Waals surface area (Å²) in [6.07, 6.45) is -0.255. The quantitative estimate of drug-likeness (QED) is 0.689. The highest BCUT2D eigenvalue weighted by Crippen LogP contribution is 2.22. The number of hydrogen-bond acceptors (Lipinski definition) is 5. The van der Waals surface area contributed by atoms with Crippen LogP contribution >= 0.6 is 15.9 Å². The van der Waals surface area contributed by atoms with E-state index in [0.717, 1.165) is 29.7 Å². The number of halogens is 1. The summed E-state index contributed by atoms with van der Waals surface area (Å²) in [4.78, 5) is 28.1. The molecule has 0 bridgehead atoms. The van der Waals surface area contributed by atoms with Crippen LogP contribution in [0.15, 0.2) is 22.7 Å². The van der Waals surface area contributed by atoms with E-state index >= 15 is 0 Å². The topological polar surface area (TPSA) is 59.1 Å². The first kappa shape index (κ1) is 20.7. The van der Waals surface area contributed by atoms with Crippen molar-refractivity contribution in [1.82, 2.24) is 9.80 Å². The van der Waals surface area contributed by atoms with Gasteiger partial charge in [-0.25, -0.2) is 9.59 Å². The molecule has 0 aromatic heterocycles. The summed E-state index contributed by atoms with van der Waals surface area (Å²) in [7, 11) is 1.37. The highest BCUT2D eigenvalue weighted by Gasteiger charge is 2.30. The largest absolute Gasteiger partial charge is 0.465 e. The molecule has 0 spiro atoms. The van der Waals surface area contributed by atoms with Crippen molar-refractivity contribution in [2.75, 3.05) is 26.7 Å². The van der Waals surface area contributed by atoms with Crippen molar-refractivity contribution in [3.05, 3.63) is 33.8 Å². The van der Waals surface area contributed by atoms with E-state index in [2.05, 4.69) is 20.8 Å². The molecule has 7 heteroatoms. The van der Waals surface area contributed by atoms with Gasteiger partial charge in [0.1, 0.15) is 5.60 Å². The van der Waals surface area contributed by atoms with E-state index in [0.29, 0.717) is 12.1 Å². The zero-order valence-electron chi connectivity index (χ0n) is 16.0. The van der Waals surface area contributed by atoms with E-state index in [1.165, 1.54) is 7.11 Å². The second-order valence-corrected chi connectivity index (χ2v) is 8.42. The van der Waals surface area contributed by atoms with Crippen molar-refractivity contribution in [3.63, 3.8) is 0 Å². The second kappa shape index (κ2) is 8.39. The Labute approximate surface area is 163 Å². The first-order valence-corrected chi connectivity index (χ1v) is 9.48. The van der Waals surface area contributed by atoms with Gasteiger partial charge < -0.3 is 14.4 Å². The number of benzene rings is 1. The standard InChI is InChI=1S/C19H27BrN2O4/c1-13-11-21(8-9-22(13)18(24)26-19(2,3)4)12-14-6-7-15(16(20)10-14)17(23)25-5/h6-7,10,13H,8-9,11-12H2,1-5H3/t13-/m0/s1. The van der Waals surface area contributed by atoms with Crippen LogP contribution in [0.1, 0.15) is 43.6 Å². The first-order valence-electron chi connectivity index (χ1n) is 8.69. The maximum atomic E-state index is 12.3. The Morgan fingerprint density at radius 3 is 2.50 bits per heavy atom. The minimum absolute atomic E-state index is 0.0800. The molecule has 6 nitrogen and oxygen atoms in total. The highest BCUT2D eigenvalue weighted by atomic mass is 79.9. The maximum Gasteiger partial charge on any atom is 0.410 e. The summed E-state index contributed by atoms with van der Waals surface area (Å²) < 4.78 is 11.0. The van der Waals surface area contributed by atoms with Crippen LogP contribution in [-0.4, -0.2) is 60.2 Å². The van der Waals surface area contributed by atoms with Crippen molar-refractivity contribution in [2.45, 2.75) is 45.9 Å². The SMILES string of the molecule is COC(=O)c1ccc(CN2CCN(C(=O)OC(C)(C)C)[C@@H](C)C2)cc1Br. The normalized spacial score (nSPS) is 18.5. The van der Waals surface area contributed by atoms with Crippen molar-refractivity contribution in [2.24, 2.45) is 0 Å². The molecule has 1 aromatic rings. The molecule has 0 aliphatic carbocycles. The van der Waals surface area contributed by atoms with Crippen LogP contribution in [0.2, 0.25) is 0 Å². The number of rotatable bonds is 3. The Bertz CT molecular complexity index is 672. The Balaban J connectivity index is 1.96. The molecule has 1 heterocycles. The second-order valence-electron chi connectivity index (χ2n) is 7.56. The van der Waals surface area contributed by atoms with E-state index in [-0.39, 0.29) is 18.1 Å². The Hall–Kier alpha value is -1.60. The van der Waals surface area contributed by atoms with Crippen LogP contribution in [0.3, 0.4) is 0 Å². The number of ether oxygens (including phenoxy) is 2. The van der Waals surface area contributed by atoms with Gasteiger partial charge in [-0.3, -0.25) is 4.90 Å². The molecule has 0 saturated carbocycles. The fraction of sp³-hybridized carbons (Fsp3) is 0.579. The number of nitrogens with zero attached hydrogens (tertiary/aromatic N) is 2. The molecule has 1 saturated heterocycles. The number of amides is 1. The number of esters is 1. The lowest BCUT2D eigenvalue weighted by Crippen LogP contribution is -2.54. The van der Waals surface area contributed by atoms with Crippen LogP contribution in [0, 0.1) is 0 Å². The van der Waals surface area contributed by atoms with Crippen molar-refractivity contribution >= 4 is 28.0 Å². The van der Waals surface area contributed by atoms with Gasteiger partial charge in [-0.15, -0.1) is 0 Å². The first-order chi connectivity index (χ1) is 12.1. The molecule has 1 amide bonds. The average Bonchev–Trinajstić information content (AvgIpc) is 2.52. The summed E-state index contributed by atoms with van der Waals surface area (Å²) in [6.45, 7) is 10.6. The van der Waals surface area contributed by atoms with Gasteiger partial charge in [-0.1, -0.05) is 6.07 Å². The molecule has 144 valence electrons. The minimum Gasteiger partial charge on any atom is -0.465 e. The molecule has 2 rings (SSSR count). The van der Waals surface area contributed by atoms with Crippen molar-refractivity contribution in [3.8, 4) is 0 Å². The summed E-state index contributed by atoms with van der Waals surface area (Å²) in [5.41, 5.74) is 1.13. The molecule has 1 atom stereocenters. The van der Waals surface area contributed by atoms with Crippen LogP contribution < -0.4 is 0 Å². The van der Waals surface area contributed by atoms with E-state index in [9.17, 15) is 9.59 Å². The highest BCUT2D eigenvalue weighted by molar-refractivity contribution is 9.10. The smallest absolute Gasteiger partial charge is 0.410 e. The van der Waals surface area contributed by atoms with Gasteiger partial charge in [-0.05, 0) is 61.3 Å². The molecule has 1 aliphatic rings. The lowest BCUT2D eigenvalue weighted by molar-refractivity contribution is 0.000553. The van der Waals surface area contributed by atoms with E-state index in [1.54, 1.807) is 11.0 Å². The predicted molar refractivity (Wildman–Crippen MR) is 103 cm³/mol. The summed E-state index contributed by atoms with van der Waals surface area (Å²) in [6, 6.07) is 5.72. The Morgan fingerprint density at radius 1 is 1.27 bits per heavy atom. The van der Waals surface area contributed by atoms with E-state index in [1.807, 2.05) is 39.8 Å². The van der Waals surface area contributed by atoms with Gasteiger partial charge in [0.15, 0.2) is 0 Å². The van der Waals surface area contributed by atoms with E-state index < -0.39 is 5.60 Å². The van der Waals surface area contributed by atoms with Crippen molar-refractivity contribution < 1.29 is 19.1 Å². The van der Waals surface area contributed by atoms with E-state index in [4.69, 9.17) is 9.47 Å². The molecular weight excluding hydrogens is 400 g/mol. The summed E-state index contributed by atoms with van der Waals surface area (Å²) in [5, 5.41) is 0. The van der Waals surface area contributed by atoms with Crippen LogP contribution in [0.4, 0.5) is 4.79 Å². The Kier molecular flexibility index (Phi) is 6.69. The molecule has 0 N–H and O–H groups in total. The fourth-order valence-electron chi connectivity index (χ4n) is 2.96. The van der Waals surface area contributed by atoms with Gasteiger partial charge in [-0.2, -0.15) is 0 Å². The molecule has 1 aromatic carbocycles. The zero-order chi connectivity index (χ0) is 19.5. The van der Waals surface area contributed by atoms with Crippen LogP contribution in [0.25, 0.3) is 0 Å². The third-order valence-electron chi connectivity index (χ3n) is 4.18. The monoisotopic (exact) mass is 426 g/mol. The third-order valence-corrected chi connectivity index (χ3v) is 4.84. The summed E-state index contributed by atoms with van der Waals surface area (Å²) >= 11 is 3.43. The fourth-order valence-corrected chi connectivity index (χ4v) is 3.55. The number of carbonyl (C=O) groups excluding carboxylic acids is 2. The third kappa shape index (κ3) is 5.45. The lowest BCUT2D eigenvalue weighted by atomic mass is 10.1. The molecule has 26 heavy (non-hydrogen) atoms. The predicted octanol–water partition coefficient (Wildman–Crippen LogP) is 3.68. The van der Waals surface area contributed by atoms with Gasteiger partial charge in [0.2, 0.25) is 0 Å². The number of hydrogen-bond donors (Lipinski definition) is 0. The molecule has 1 aliphatic heterocycles. The van der Waals surface area contributed by atoms with Gasteiger partial charge >= 0.3 is 12.1 Å². The molecule has 1 fully saturated rings. The van der Waals surface area contributed by atoms with Crippen molar-refractivity contribution in [1.29, 1.82) is 0 Å².